The third kappa shape index (κ3) is 1.48. The largest absolute Gasteiger partial charge is 0.308 e. The minimum absolute atomic E-state index is 0.184. The summed E-state index contributed by atoms with van der Waals surface area (Å²) in [6, 6.07) is 3.09. The molecule has 0 saturated heterocycles. The molecule has 0 amide bonds. The maximum atomic E-state index is 11.4. The normalized spacial score (nSPS) is 12.3. The number of hydrogen-bond donors (Lipinski definition) is 0. The minimum Gasteiger partial charge on any atom is -0.222 e. The monoisotopic (exact) mass is 208 g/mol. The van der Waals surface area contributed by atoms with Gasteiger partial charge in [0, 0.05) is 20.3 Å². The summed E-state index contributed by atoms with van der Waals surface area (Å²) in [6.07, 6.45) is 1.40. The zero-order valence-corrected chi connectivity index (χ0v) is 8.30. The zero-order chi connectivity index (χ0) is 9.35. The highest BCUT2D eigenvalue weighted by atomic mass is 35.5. The van der Waals surface area contributed by atoms with Crippen LogP contribution in [0.5, 0.6) is 0 Å². The van der Waals surface area contributed by atoms with Crippen molar-refractivity contribution in [1.29, 1.82) is 0 Å². The smallest absolute Gasteiger partial charge is 0.222 e. The third-order valence-corrected chi connectivity index (χ3v) is 3.52. The maximum absolute atomic E-state index is 11.4. The molecule has 0 spiro atoms. The summed E-state index contributed by atoms with van der Waals surface area (Å²) in [5.74, 6) is 0. The molecule has 1 aromatic heterocycles. The highest BCUT2D eigenvalue weighted by molar-refractivity contribution is 7.87. The van der Waals surface area contributed by atoms with E-state index in [1.165, 1.54) is 26.4 Å². The maximum Gasteiger partial charge on any atom is 0.308 e. The second kappa shape index (κ2) is 3.08. The average Bonchev–Trinajstić information content (AvgIpc) is 2.35. The first-order chi connectivity index (χ1) is 5.46. The fourth-order valence-electron chi connectivity index (χ4n) is 0.708. The van der Waals surface area contributed by atoms with Crippen LogP contribution in [0.2, 0.25) is 5.15 Å². The molecule has 0 saturated carbocycles. The third-order valence-electron chi connectivity index (χ3n) is 1.38. The van der Waals surface area contributed by atoms with E-state index < -0.39 is 10.2 Å². The summed E-state index contributed by atoms with van der Waals surface area (Å²) in [5, 5.41) is 0.184. The van der Waals surface area contributed by atoms with Crippen LogP contribution in [0.3, 0.4) is 0 Å². The lowest BCUT2D eigenvalue weighted by Crippen LogP contribution is -2.28. The topological polar surface area (TPSA) is 42.3 Å². The van der Waals surface area contributed by atoms with Crippen LogP contribution in [0, 0.1) is 0 Å². The van der Waals surface area contributed by atoms with Gasteiger partial charge in [-0.05, 0) is 12.1 Å². The summed E-state index contributed by atoms with van der Waals surface area (Å²) in [4.78, 5) is 0. The lowest BCUT2D eigenvalue weighted by atomic mass is 10.7. The van der Waals surface area contributed by atoms with Crippen molar-refractivity contribution in [3.05, 3.63) is 23.5 Å². The van der Waals surface area contributed by atoms with Crippen LogP contribution in [0.4, 0.5) is 0 Å². The number of halogens is 1. The molecular formula is C6H9ClN2O2S. The fraction of sp³-hybridized carbons (Fsp3) is 0.333. The van der Waals surface area contributed by atoms with Crippen LogP contribution in [0.15, 0.2) is 18.3 Å². The van der Waals surface area contributed by atoms with E-state index >= 15 is 0 Å². The van der Waals surface area contributed by atoms with Gasteiger partial charge in [-0.3, -0.25) is 0 Å². The number of hydrogen-bond acceptors (Lipinski definition) is 2. The van der Waals surface area contributed by atoms with Crippen molar-refractivity contribution >= 4 is 21.8 Å². The second-order valence-electron chi connectivity index (χ2n) is 2.42. The second-order valence-corrected chi connectivity index (χ2v) is 4.82. The molecule has 68 valence electrons. The highest BCUT2D eigenvalue weighted by Gasteiger charge is 2.17. The van der Waals surface area contributed by atoms with Gasteiger partial charge < -0.3 is 0 Å². The van der Waals surface area contributed by atoms with Gasteiger partial charge in [-0.1, -0.05) is 11.6 Å². The zero-order valence-electron chi connectivity index (χ0n) is 6.73. The Morgan fingerprint density at radius 1 is 1.50 bits per heavy atom. The summed E-state index contributed by atoms with van der Waals surface area (Å²) in [5.41, 5.74) is 0. The van der Waals surface area contributed by atoms with Crippen LogP contribution in [-0.4, -0.2) is 30.8 Å². The molecule has 0 atom stereocenters. The molecule has 6 heteroatoms. The van der Waals surface area contributed by atoms with Crippen LogP contribution in [0.1, 0.15) is 0 Å². The van der Waals surface area contributed by atoms with Crippen molar-refractivity contribution in [1.82, 2.24) is 8.28 Å². The molecule has 0 fully saturated rings. The molecule has 0 N–H and O–H groups in total. The molecule has 0 unspecified atom stereocenters. The van der Waals surface area contributed by atoms with E-state index in [0.717, 1.165) is 8.28 Å². The van der Waals surface area contributed by atoms with Gasteiger partial charge in [-0.15, -0.1) is 0 Å². The number of aromatic nitrogens is 1. The van der Waals surface area contributed by atoms with Gasteiger partial charge in [0.15, 0.2) is 0 Å². The first kappa shape index (κ1) is 9.57. The molecule has 0 aromatic carbocycles. The van der Waals surface area contributed by atoms with Gasteiger partial charge in [-0.25, -0.2) is 3.97 Å². The standard InChI is InChI=1S/C6H9ClN2O2S/c1-8(2)12(10,11)9-5-3-4-6(9)7/h3-5H,1-2H3. The van der Waals surface area contributed by atoms with Crippen molar-refractivity contribution in [2.24, 2.45) is 0 Å². The van der Waals surface area contributed by atoms with Crippen LogP contribution in [-0.2, 0) is 10.2 Å². The van der Waals surface area contributed by atoms with Crippen molar-refractivity contribution in [3.63, 3.8) is 0 Å². The molecular weight excluding hydrogens is 200 g/mol. The van der Waals surface area contributed by atoms with E-state index in [2.05, 4.69) is 0 Å². The quantitative estimate of drug-likeness (QED) is 0.722. The first-order valence-electron chi connectivity index (χ1n) is 3.22. The molecule has 0 aliphatic carbocycles. The Morgan fingerprint density at radius 3 is 2.42 bits per heavy atom. The van der Waals surface area contributed by atoms with Crippen LogP contribution in [0.25, 0.3) is 0 Å². The van der Waals surface area contributed by atoms with Gasteiger partial charge >= 0.3 is 10.2 Å². The van der Waals surface area contributed by atoms with E-state index in [1.807, 2.05) is 0 Å². The summed E-state index contributed by atoms with van der Waals surface area (Å²) >= 11 is 5.63. The molecule has 4 nitrogen and oxygen atoms in total. The Hall–Kier alpha value is -0.520. The number of rotatable bonds is 2. The van der Waals surface area contributed by atoms with Gasteiger partial charge in [-0.2, -0.15) is 12.7 Å². The Morgan fingerprint density at radius 2 is 2.08 bits per heavy atom. The Labute approximate surface area is 76.5 Å². The molecule has 12 heavy (non-hydrogen) atoms. The minimum atomic E-state index is -3.45. The lowest BCUT2D eigenvalue weighted by molar-refractivity contribution is 0.511. The van der Waals surface area contributed by atoms with E-state index in [0.29, 0.717) is 0 Å². The predicted octanol–water partition coefficient (Wildman–Crippen LogP) is 0.796. The van der Waals surface area contributed by atoms with E-state index in [4.69, 9.17) is 11.6 Å². The van der Waals surface area contributed by atoms with Crippen molar-refractivity contribution < 1.29 is 8.42 Å². The van der Waals surface area contributed by atoms with Crippen molar-refractivity contribution in [2.75, 3.05) is 14.1 Å². The predicted molar refractivity (Wildman–Crippen MR) is 47.4 cm³/mol. The molecule has 0 bridgehead atoms. The summed E-state index contributed by atoms with van der Waals surface area (Å²) < 4.78 is 24.9. The Kier molecular flexibility index (Phi) is 2.46. The van der Waals surface area contributed by atoms with E-state index in [-0.39, 0.29) is 5.15 Å². The van der Waals surface area contributed by atoms with E-state index in [9.17, 15) is 8.42 Å². The van der Waals surface area contributed by atoms with Crippen LogP contribution < -0.4 is 0 Å². The summed E-state index contributed by atoms with van der Waals surface area (Å²) in [6.45, 7) is 0. The van der Waals surface area contributed by atoms with Gasteiger partial charge in [0.05, 0.1) is 0 Å². The summed E-state index contributed by atoms with van der Waals surface area (Å²) in [7, 11) is -0.546. The molecule has 1 rings (SSSR count). The SMILES string of the molecule is CN(C)S(=O)(=O)n1cccc1Cl. The molecule has 0 aliphatic rings. The van der Waals surface area contributed by atoms with Gasteiger partial charge in [0.2, 0.25) is 0 Å². The molecule has 0 radical (unpaired) electrons. The Bertz CT molecular complexity index is 369. The average molecular weight is 209 g/mol. The van der Waals surface area contributed by atoms with Crippen molar-refractivity contribution in [2.45, 2.75) is 0 Å². The van der Waals surface area contributed by atoms with E-state index in [1.54, 1.807) is 6.07 Å². The first-order valence-corrected chi connectivity index (χ1v) is 4.99. The van der Waals surface area contributed by atoms with Gasteiger partial charge in [0.25, 0.3) is 0 Å². The fourth-order valence-corrected chi connectivity index (χ4v) is 1.96. The molecule has 1 aromatic rings. The number of nitrogens with zero attached hydrogens (tertiary/aromatic N) is 2. The molecule has 0 aliphatic heterocycles. The Balaban J connectivity index is 3.24. The molecule has 1 heterocycles. The lowest BCUT2D eigenvalue weighted by Gasteiger charge is -2.12. The van der Waals surface area contributed by atoms with Gasteiger partial charge in [0.1, 0.15) is 5.15 Å². The van der Waals surface area contributed by atoms with Crippen molar-refractivity contribution in [3.8, 4) is 0 Å². The van der Waals surface area contributed by atoms with Crippen LogP contribution >= 0.6 is 11.6 Å². The highest BCUT2D eigenvalue weighted by Crippen LogP contribution is 2.13.